The van der Waals surface area contributed by atoms with E-state index in [2.05, 4.69) is 20.4 Å². The lowest BCUT2D eigenvalue weighted by molar-refractivity contribution is 0.612. The van der Waals surface area contributed by atoms with Crippen molar-refractivity contribution in [2.75, 3.05) is 11.9 Å². The van der Waals surface area contributed by atoms with Gasteiger partial charge >= 0.3 is 0 Å². The Balaban J connectivity index is 2.29. The molecule has 0 spiro atoms. The second-order valence-corrected chi connectivity index (χ2v) is 4.40. The Morgan fingerprint density at radius 2 is 2.05 bits per heavy atom. The van der Waals surface area contributed by atoms with Crippen molar-refractivity contribution in [3.8, 4) is 5.69 Å². The van der Waals surface area contributed by atoms with Gasteiger partial charge in [0.05, 0.1) is 11.1 Å². The molecule has 0 unspecified atom stereocenters. The Hall–Kier alpha value is -2.50. The Morgan fingerprint density at radius 3 is 2.80 bits per heavy atom. The lowest BCUT2D eigenvalue weighted by atomic mass is 10.3. The summed E-state index contributed by atoms with van der Waals surface area (Å²) in [7, 11) is 0. The first-order valence-electron chi connectivity index (χ1n) is 6.41. The number of hydrogen-bond donors (Lipinski definition) is 1. The van der Waals surface area contributed by atoms with Crippen LogP contribution in [0, 0.1) is 12.7 Å². The molecule has 3 aromatic rings. The van der Waals surface area contributed by atoms with Gasteiger partial charge in [-0.1, -0.05) is 12.1 Å². The summed E-state index contributed by atoms with van der Waals surface area (Å²) < 4.78 is 15.5. The standard InChI is InChI=1S/C14H14FN5/c1-3-16-13-12-9(2)19-20(14(12)18-8-17-13)11-7-5-4-6-10(11)15/h4-8H,3H2,1-2H3,(H,16,17,18). The lowest BCUT2D eigenvalue weighted by Gasteiger charge is -2.05. The molecule has 5 nitrogen and oxygen atoms in total. The molecule has 0 saturated carbocycles. The topological polar surface area (TPSA) is 55.6 Å². The summed E-state index contributed by atoms with van der Waals surface area (Å²) in [4.78, 5) is 8.46. The van der Waals surface area contributed by atoms with Gasteiger partial charge in [-0.2, -0.15) is 5.10 Å². The van der Waals surface area contributed by atoms with Gasteiger partial charge in [0, 0.05) is 6.54 Å². The van der Waals surface area contributed by atoms with Crippen LogP contribution in [-0.2, 0) is 0 Å². The molecule has 1 N–H and O–H groups in total. The van der Waals surface area contributed by atoms with E-state index in [4.69, 9.17) is 0 Å². The molecular formula is C14H14FN5. The normalized spacial score (nSPS) is 10.9. The predicted octanol–water partition coefficient (Wildman–Crippen LogP) is 2.69. The fourth-order valence-electron chi connectivity index (χ4n) is 2.21. The molecule has 20 heavy (non-hydrogen) atoms. The van der Waals surface area contributed by atoms with Crippen molar-refractivity contribution in [1.29, 1.82) is 0 Å². The summed E-state index contributed by atoms with van der Waals surface area (Å²) in [6, 6.07) is 6.50. The Labute approximate surface area is 115 Å². The van der Waals surface area contributed by atoms with E-state index >= 15 is 0 Å². The van der Waals surface area contributed by atoms with Gasteiger partial charge in [-0.05, 0) is 26.0 Å². The van der Waals surface area contributed by atoms with Gasteiger partial charge in [0.15, 0.2) is 5.65 Å². The van der Waals surface area contributed by atoms with E-state index in [9.17, 15) is 4.39 Å². The van der Waals surface area contributed by atoms with Crippen molar-refractivity contribution in [2.45, 2.75) is 13.8 Å². The van der Waals surface area contributed by atoms with E-state index in [1.165, 1.54) is 17.1 Å². The first kappa shape index (κ1) is 12.5. The average molecular weight is 271 g/mol. The fraction of sp³-hybridized carbons (Fsp3) is 0.214. The quantitative estimate of drug-likeness (QED) is 0.795. The lowest BCUT2D eigenvalue weighted by Crippen LogP contribution is -2.03. The molecule has 0 radical (unpaired) electrons. The van der Waals surface area contributed by atoms with Crippen LogP contribution in [0.3, 0.4) is 0 Å². The summed E-state index contributed by atoms with van der Waals surface area (Å²) in [5.74, 6) is 0.387. The van der Waals surface area contributed by atoms with Crippen molar-refractivity contribution in [3.05, 3.63) is 42.1 Å². The maximum absolute atomic E-state index is 13.9. The number of nitrogens with zero attached hydrogens (tertiary/aromatic N) is 4. The average Bonchev–Trinajstić information content (AvgIpc) is 2.78. The van der Waals surface area contributed by atoms with Crippen molar-refractivity contribution in [1.82, 2.24) is 19.7 Å². The third kappa shape index (κ3) is 1.89. The number of halogens is 1. The molecule has 0 aliphatic heterocycles. The van der Waals surface area contributed by atoms with Crippen LogP contribution in [0.1, 0.15) is 12.6 Å². The summed E-state index contributed by atoms with van der Waals surface area (Å²) in [5, 5.41) is 8.39. The van der Waals surface area contributed by atoms with Crippen molar-refractivity contribution < 1.29 is 4.39 Å². The Kier molecular flexibility index (Phi) is 3.06. The maximum atomic E-state index is 13.9. The molecule has 2 aromatic heterocycles. The number of benzene rings is 1. The highest BCUT2D eigenvalue weighted by Crippen LogP contribution is 2.25. The number of aromatic nitrogens is 4. The molecular weight excluding hydrogens is 257 g/mol. The smallest absolute Gasteiger partial charge is 0.168 e. The molecule has 2 heterocycles. The number of hydrogen-bond acceptors (Lipinski definition) is 4. The van der Waals surface area contributed by atoms with E-state index in [1.54, 1.807) is 18.2 Å². The molecule has 3 rings (SSSR count). The third-order valence-electron chi connectivity index (χ3n) is 3.06. The Morgan fingerprint density at radius 1 is 1.25 bits per heavy atom. The van der Waals surface area contributed by atoms with Gasteiger partial charge in [0.25, 0.3) is 0 Å². The molecule has 0 amide bonds. The molecule has 102 valence electrons. The van der Waals surface area contributed by atoms with Gasteiger partial charge in [-0.15, -0.1) is 0 Å². The zero-order chi connectivity index (χ0) is 14.1. The first-order valence-corrected chi connectivity index (χ1v) is 6.41. The van der Waals surface area contributed by atoms with E-state index in [1.807, 2.05) is 13.8 Å². The van der Waals surface area contributed by atoms with E-state index < -0.39 is 0 Å². The zero-order valence-corrected chi connectivity index (χ0v) is 11.3. The molecule has 6 heteroatoms. The monoisotopic (exact) mass is 271 g/mol. The highest BCUT2D eigenvalue weighted by Gasteiger charge is 2.16. The minimum Gasteiger partial charge on any atom is -0.370 e. The molecule has 0 saturated heterocycles. The second-order valence-electron chi connectivity index (χ2n) is 4.40. The van der Waals surface area contributed by atoms with Crippen LogP contribution in [0.2, 0.25) is 0 Å². The van der Waals surface area contributed by atoms with Crippen LogP contribution in [0.4, 0.5) is 10.2 Å². The van der Waals surface area contributed by atoms with Gasteiger partial charge < -0.3 is 5.32 Å². The van der Waals surface area contributed by atoms with E-state index in [-0.39, 0.29) is 5.82 Å². The first-order chi connectivity index (χ1) is 9.72. The number of fused-ring (bicyclic) bond motifs is 1. The van der Waals surface area contributed by atoms with Crippen molar-refractivity contribution >= 4 is 16.9 Å². The molecule has 0 bridgehead atoms. The second kappa shape index (κ2) is 4.88. The van der Waals surface area contributed by atoms with E-state index in [0.29, 0.717) is 11.3 Å². The highest BCUT2D eigenvalue weighted by atomic mass is 19.1. The highest BCUT2D eigenvalue weighted by molar-refractivity contribution is 5.90. The number of nitrogens with one attached hydrogen (secondary N) is 1. The Bertz CT molecular complexity index is 765. The van der Waals surface area contributed by atoms with Gasteiger partial charge in [-0.25, -0.2) is 19.0 Å². The number of anilines is 1. The summed E-state index contributed by atoms with van der Waals surface area (Å²) in [6.07, 6.45) is 1.46. The minimum absolute atomic E-state index is 0.333. The maximum Gasteiger partial charge on any atom is 0.168 e. The number of aryl methyl sites for hydroxylation is 1. The summed E-state index contributed by atoms with van der Waals surface area (Å²) >= 11 is 0. The minimum atomic E-state index is -0.333. The number of rotatable bonds is 3. The van der Waals surface area contributed by atoms with Crippen LogP contribution in [-0.4, -0.2) is 26.3 Å². The molecule has 0 aliphatic rings. The van der Waals surface area contributed by atoms with Crippen LogP contribution >= 0.6 is 0 Å². The van der Waals surface area contributed by atoms with Crippen LogP contribution < -0.4 is 5.32 Å². The largest absolute Gasteiger partial charge is 0.370 e. The third-order valence-corrected chi connectivity index (χ3v) is 3.06. The van der Waals surface area contributed by atoms with Gasteiger partial charge in [-0.3, -0.25) is 0 Å². The van der Waals surface area contributed by atoms with E-state index in [0.717, 1.165) is 23.4 Å². The zero-order valence-electron chi connectivity index (χ0n) is 11.3. The van der Waals surface area contributed by atoms with Crippen molar-refractivity contribution in [3.63, 3.8) is 0 Å². The molecule has 0 fully saturated rings. The predicted molar refractivity (Wildman–Crippen MR) is 75.5 cm³/mol. The number of para-hydroxylation sites is 1. The van der Waals surface area contributed by atoms with Crippen LogP contribution in [0.5, 0.6) is 0 Å². The molecule has 0 aliphatic carbocycles. The van der Waals surface area contributed by atoms with Gasteiger partial charge in [0.2, 0.25) is 0 Å². The molecule has 0 atom stereocenters. The SMILES string of the molecule is CCNc1ncnc2c1c(C)nn2-c1ccccc1F. The van der Waals surface area contributed by atoms with Gasteiger partial charge in [0.1, 0.15) is 23.6 Å². The fourth-order valence-corrected chi connectivity index (χ4v) is 2.21. The molecule has 1 aromatic carbocycles. The summed E-state index contributed by atoms with van der Waals surface area (Å²) in [6.45, 7) is 4.60. The van der Waals surface area contributed by atoms with Crippen LogP contribution in [0.15, 0.2) is 30.6 Å². The summed E-state index contributed by atoms with van der Waals surface area (Å²) in [5.41, 5.74) is 1.74. The van der Waals surface area contributed by atoms with Crippen LogP contribution in [0.25, 0.3) is 16.7 Å². The van der Waals surface area contributed by atoms with Crippen molar-refractivity contribution in [2.24, 2.45) is 0 Å².